The summed E-state index contributed by atoms with van der Waals surface area (Å²) < 4.78 is 0. The zero-order valence-electron chi connectivity index (χ0n) is 9.89. The Morgan fingerprint density at radius 3 is 2.11 bits per heavy atom. The number of carbonyl (C=O) groups is 2. The summed E-state index contributed by atoms with van der Waals surface area (Å²) in [6.07, 6.45) is 3.34. The van der Waals surface area contributed by atoms with Gasteiger partial charge >= 0.3 is 11.9 Å². The fourth-order valence-electron chi connectivity index (χ4n) is 0.799. The Morgan fingerprint density at radius 2 is 1.84 bits per heavy atom. The van der Waals surface area contributed by atoms with Crippen molar-refractivity contribution in [2.24, 2.45) is 11.5 Å². The number of aliphatic carboxylic acids is 2. The van der Waals surface area contributed by atoms with E-state index < -0.39 is 24.0 Å². The van der Waals surface area contributed by atoms with Gasteiger partial charge in [-0.15, -0.1) is 12.4 Å². The van der Waals surface area contributed by atoms with Crippen LogP contribution < -0.4 is 11.5 Å². The second-order valence-corrected chi connectivity index (χ2v) is 3.72. The van der Waals surface area contributed by atoms with Crippen LogP contribution in [0, 0.1) is 0 Å². The van der Waals surface area contributed by atoms with Crippen molar-refractivity contribution in [2.75, 3.05) is 5.75 Å². The number of hydrogen-bond donors (Lipinski definition) is 6. The predicted octanol–water partition coefficient (Wildman–Crippen LogP) is -0.886. The van der Waals surface area contributed by atoms with Gasteiger partial charge in [-0.25, -0.2) is 4.98 Å². The van der Waals surface area contributed by atoms with Gasteiger partial charge in [-0.2, -0.15) is 12.6 Å². The van der Waals surface area contributed by atoms with E-state index in [9.17, 15) is 9.59 Å². The van der Waals surface area contributed by atoms with E-state index in [0.29, 0.717) is 0 Å². The highest BCUT2D eigenvalue weighted by atomic mass is 35.5. The minimum Gasteiger partial charge on any atom is -0.480 e. The number of nitrogens with two attached hydrogens (primary N) is 2. The third-order valence-electron chi connectivity index (χ3n) is 1.83. The second-order valence-electron chi connectivity index (χ2n) is 3.35. The number of halogens is 1. The molecule has 7 N–H and O–H groups in total. The van der Waals surface area contributed by atoms with Crippen molar-refractivity contribution in [1.82, 2.24) is 9.97 Å². The first-order chi connectivity index (χ1) is 8.38. The van der Waals surface area contributed by atoms with Gasteiger partial charge in [0, 0.05) is 24.1 Å². The summed E-state index contributed by atoms with van der Waals surface area (Å²) in [6.45, 7) is 0. The van der Waals surface area contributed by atoms with Gasteiger partial charge in [-0.1, -0.05) is 0 Å². The van der Waals surface area contributed by atoms with Crippen LogP contribution in [0.2, 0.25) is 0 Å². The van der Waals surface area contributed by atoms with Crippen LogP contribution in [0.15, 0.2) is 12.5 Å². The molecule has 1 aromatic rings. The highest BCUT2D eigenvalue weighted by Crippen LogP contribution is 1.95. The number of hydrogen-bond acceptors (Lipinski definition) is 6. The molecule has 19 heavy (non-hydrogen) atoms. The van der Waals surface area contributed by atoms with Crippen molar-refractivity contribution in [3.8, 4) is 0 Å². The predicted molar refractivity (Wildman–Crippen MR) is 74.6 cm³/mol. The fraction of sp³-hybridized carbons (Fsp3) is 0.444. The highest BCUT2D eigenvalue weighted by molar-refractivity contribution is 7.80. The first-order valence-electron chi connectivity index (χ1n) is 4.93. The van der Waals surface area contributed by atoms with Gasteiger partial charge in [-0.05, 0) is 0 Å². The van der Waals surface area contributed by atoms with Gasteiger partial charge in [0.2, 0.25) is 0 Å². The summed E-state index contributed by atoms with van der Waals surface area (Å²) in [6, 6.07) is -1.67. The van der Waals surface area contributed by atoms with Crippen molar-refractivity contribution in [1.29, 1.82) is 0 Å². The van der Waals surface area contributed by atoms with Gasteiger partial charge in [0.25, 0.3) is 0 Å². The lowest BCUT2D eigenvalue weighted by Gasteiger charge is -2.02. The van der Waals surface area contributed by atoms with Crippen molar-refractivity contribution in [2.45, 2.75) is 18.5 Å². The number of nitrogens with one attached hydrogen (secondary N) is 1. The monoisotopic (exact) mass is 312 g/mol. The van der Waals surface area contributed by atoms with Crippen molar-refractivity contribution < 1.29 is 19.8 Å². The second kappa shape index (κ2) is 10.6. The Bertz CT molecular complexity index is 376. The normalized spacial score (nSPS) is 12.4. The molecule has 0 aliphatic heterocycles. The van der Waals surface area contributed by atoms with Crippen molar-refractivity contribution in [3.63, 3.8) is 0 Å². The van der Waals surface area contributed by atoms with Crippen molar-refractivity contribution >= 4 is 37.0 Å². The molecule has 1 rings (SSSR count). The van der Waals surface area contributed by atoms with Crippen LogP contribution in [-0.2, 0) is 16.0 Å². The maximum absolute atomic E-state index is 10.3. The quantitative estimate of drug-likeness (QED) is 0.385. The number of rotatable bonds is 5. The van der Waals surface area contributed by atoms with E-state index in [4.69, 9.17) is 21.7 Å². The number of thiol groups is 1. The third kappa shape index (κ3) is 9.31. The molecule has 0 aromatic carbocycles. The molecule has 0 saturated heterocycles. The molecule has 1 heterocycles. The maximum Gasteiger partial charge on any atom is 0.321 e. The molecule has 0 aliphatic rings. The largest absolute Gasteiger partial charge is 0.480 e. The smallest absolute Gasteiger partial charge is 0.321 e. The summed E-state index contributed by atoms with van der Waals surface area (Å²) >= 11 is 3.65. The van der Waals surface area contributed by atoms with Gasteiger partial charge < -0.3 is 26.7 Å². The molecule has 10 heteroatoms. The van der Waals surface area contributed by atoms with Crippen LogP contribution in [0.5, 0.6) is 0 Å². The number of nitrogens with zero attached hydrogens (tertiary/aromatic N) is 1. The van der Waals surface area contributed by atoms with E-state index in [-0.39, 0.29) is 24.6 Å². The average Bonchev–Trinajstić information content (AvgIpc) is 2.81. The van der Waals surface area contributed by atoms with Crippen LogP contribution in [0.4, 0.5) is 0 Å². The standard InChI is InChI=1S/C6H9N3O2.C3H7NO2S.ClH/c7-5(6(10)11)1-4-2-8-3-9-4;4-2(1-7)3(5)6;/h2-3,5H,1,7H2,(H,8,9)(H,10,11);2,7H,1,4H2,(H,5,6);1H/t5-;;/m0../s1. The van der Waals surface area contributed by atoms with E-state index in [1.165, 1.54) is 6.33 Å². The molecule has 0 spiro atoms. The lowest BCUT2D eigenvalue weighted by Crippen LogP contribution is -2.32. The molecule has 0 amide bonds. The Hall–Kier alpha value is -1.29. The number of imidazole rings is 1. The molecule has 0 aliphatic carbocycles. The molecule has 0 saturated carbocycles. The zero-order valence-corrected chi connectivity index (χ0v) is 11.6. The lowest BCUT2D eigenvalue weighted by atomic mass is 10.2. The van der Waals surface area contributed by atoms with E-state index in [0.717, 1.165) is 5.69 Å². The number of aromatic nitrogens is 2. The van der Waals surface area contributed by atoms with Crippen LogP contribution >= 0.6 is 25.0 Å². The van der Waals surface area contributed by atoms with Crippen LogP contribution in [0.3, 0.4) is 0 Å². The number of aromatic amines is 1. The first-order valence-corrected chi connectivity index (χ1v) is 5.56. The summed E-state index contributed by atoms with van der Waals surface area (Å²) in [5, 5.41) is 16.4. The van der Waals surface area contributed by atoms with E-state index in [1.807, 2.05) is 0 Å². The van der Waals surface area contributed by atoms with Crippen molar-refractivity contribution in [3.05, 3.63) is 18.2 Å². The van der Waals surface area contributed by atoms with Crippen LogP contribution in [-0.4, -0.2) is 50.0 Å². The number of carboxylic acids is 2. The number of H-pyrrole nitrogens is 1. The molecular formula is C9H17ClN4O4S. The lowest BCUT2D eigenvalue weighted by molar-refractivity contribution is -0.139. The Kier molecular flexibility index (Phi) is 11.2. The third-order valence-corrected chi connectivity index (χ3v) is 2.22. The van der Waals surface area contributed by atoms with E-state index in [2.05, 4.69) is 22.6 Å². The molecule has 110 valence electrons. The molecular weight excluding hydrogens is 296 g/mol. The Balaban J connectivity index is 0. The minimum atomic E-state index is -1.00. The summed E-state index contributed by atoms with van der Waals surface area (Å²) in [7, 11) is 0. The molecule has 0 bridgehead atoms. The maximum atomic E-state index is 10.3. The van der Waals surface area contributed by atoms with Gasteiger partial charge in [0.05, 0.1) is 6.33 Å². The van der Waals surface area contributed by atoms with E-state index in [1.54, 1.807) is 6.20 Å². The summed E-state index contributed by atoms with van der Waals surface area (Å²) in [5.74, 6) is -1.82. The average molecular weight is 313 g/mol. The van der Waals surface area contributed by atoms with Crippen LogP contribution in [0.1, 0.15) is 5.69 Å². The minimum absolute atomic E-state index is 0. The topological polar surface area (TPSA) is 155 Å². The molecule has 8 nitrogen and oxygen atoms in total. The molecule has 0 fully saturated rings. The SMILES string of the molecule is Cl.NC(CS)C(=O)O.N[C@@H](Cc1cnc[nH]1)C(=O)O. The van der Waals surface area contributed by atoms with E-state index >= 15 is 0 Å². The molecule has 0 radical (unpaired) electrons. The molecule has 1 aromatic heterocycles. The molecule has 2 atom stereocenters. The first kappa shape index (κ1) is 20.0. The zero-order chi connectivity index (χ0) is 14.1. The number of carboxylic acid groups (broad SMARTS) is 2. The van der Waals surface area contributed by atoms with Gasteiger partial charge in [0.15, 0.2) is 0 Å². The van der Waals surface area contributed by atoms with Gasteiger partial charge in [-0.3, -0.25) is 9.59 Å². The Morgan fingerprint density at radius 1 is 1.32 bits per heavy atom. The van der Waals surface area contributed by atoms with Crippen LogP contribution in [0.25, 0.3) is 0 Å². The molecule has 1 unspecified atom stereocenters. The summed E-state index contributed by atoms with van der Waals surface area (Å²) in [5.41, 5.74) is 10.9. The van der Waals surface area contributed by atoms with Gasteiger partial charge in [0.1, 0.15) is 12.1 Å². The fourth-order valence-corrected chi connectivity index (χ4v) is 0.955. The Labute approximate surface area is 121 Å². The highest BCUT2D eigenvalue weighted by Gasteiger charge is 2.12. The summed E-state index contributed by atoms with van der Waals surface area (Å²) in [4.78, 5) is 26.5.